The summed E-state index contributed by atoms with van der Waals surface area (Å²) in [4.78, 5) is 0. The first kappa shape index (κ1) is 11.1. The number of nitrogens with zero attached hydrogens (tertiary/aromatic N) is 1. The van der Waals surface area contributed by atoms with Crippen molar-refractivity contribution in [3.8, 4) is 0 Å². The molecule has 0 aliphatic carbocycles. The van der Waals surface area contributed by atoms with Gasteiger partial charge in [-0.1, -0.05) is 0 Å². The molecule has 1 heterocycles. The van der Waals surface area contributed by atoms with E-state index in [0.717, 1.165) is 16.5 Å². The fourth-order valence-corrected chi connectivity index (χ4v) is 2.04. The molecule has 0 saturated heterocycles. The molecule has 0 aliphatic heterocycles. The minimum absolute atomic E-state index is 0.0910. The Bertz CT molecular complexity index is 502. The Labute approximate surface area is 94.3 Å². The van der Waals surface area contributed by atoms with Crippen molar-refractivity contribution < 1.29 is 9.50 Å². The van der Waals surface area contributed by atoms with Crippen molar-refractivity contribution in [2.75, 3.05) is 6.61 Å². The van der Waals surface area contributed by atoms with Crippen molar-refractivity contribution in [2.45, 2.75) is 26.3 Å². The van der Waals surface area contributed by atoms with Gasteiger partial charge in [0.25, 0.3) is 0 Å². The smallest absolute Gasteiger partial charge is 0.123 e. The van der Waals surface area contributed by atoms with Crippen LogP contribution in [0.3, 0.4) is 0 Å². The van der Waals surface area contributed by atoms with E-state index < -0.39 is 0 Å². The molecule has 0 saturated carbocycles. The zero-order valence-corrected chi connectivity index (χ0v) is 9.57. The first-order valence-corrected chi connectivity index (χ1v) is 5.53. The van der Waals surface area contributed by atoms with E-state index in [0.29, 0.717) is 12.5 Å². The molecule has 1 aromatic heterocycles. The largest absolute Gasteiger partial charge is 0.396 e. The van der Waals surface area contributed by atoms with Crippen LogP contribution in [-0.4, -0.2) is 16.3 Å². The molecule has 86 valence electrons. The van der Waals surface area contributed by atoms with Crippen LogP contribution in [0.5, 0.6) is 0 Å². The highest BCUT2D eigenvalue weighted by Crippen LogP contribution is 2.25. The van der Waals surface area contributed by atoms with Gasteiger partial charge in [0.05, 0.1) is 0 Å². The van der Waals surface area contributed by atoms with Gasteiger partial charge in [0.1, 0.15) is 5.82 Å². The molecule has 0 bridgehead atoms. The maximum absolute atomic E-state index is 13.2. The molecule has 2 aromatic rings. The molecule has 2 nitrogen and oxygen atoms in total. The summed E-state index contributed by atoms with van der Waals surface area (Å²) < 4.78 is 15.3. The molecule has 0 fully saturated rings. The van der Waals surface area contributed by atoms with Crippen molar-refractivity contribution in [3.05, 3.63) is 35.8 Å². The van der Waals surface area contributed by atoms with Gasteiger partial charge in [-0.05, 0) is 44.0 Å². The van der Waals surface area contributed by atoms with E-state index in [1.807, 2.05) is 6.20 Å². The van der Waals surface area contributed by atoms with E-state index >= 15 is 0 Å². The second kappa shape index (κ2) is 4.26. The van der Waals surface area contributed by atoms with E-state index in [2.05, 4.69) is 18.4 Å². The lowest BCUT2D eigenvalue weighted by Crippen LogP contribution is -1.98. The van der Waals surface area contributed by atoms with Crippen molar-refractivity contribution in [1.82, 2.24) is 4.57 Å². The van der Waals surface area contributed by atoms with Gasteiger partial charge < -0.3 is 9.67 Å². The summed E-state index contributed by atoms with van der Waals surface area (Å²) >= 11 is 0. The van der Waals surface area contributed by atoms with Crippen molar-refractivity contribution in [2.24, 2.45) is 0 Å². The zero-order valence-electron chi connectivity index (χ0n) is 9.57. The summed E-state index contributed by atoms with van der Waals surface area (Å²) in [6.07, 6.45) is 2.57. The molecule has 0 atom stereocenters. The minimum Gasteiger partial charge on any atom is -0.396 e. The molecule has 0 radical (unpaired) electrons. The number of halogens is 1. The molecule has 0 amide bonds. The average molecular weight is 221 g/mol. The number of benzene rings is 1. The Hall–Kier alpha value is -1.35. The van der Waals surface area contributed by atoms with E-state index in [1.54, 1.807) is 12.1 Å². The normalized spacial score (nSPS) is 11.6. The standard InChI is InChI=1S/C13H16FNO/c1-9(2)15-8-10(5-6-16)12-7-11(14)3-4-13(12)15/h3-4,7-9,16H,5-6H2,1-2H3. The highest BCUT2D eigenvalue weighted by molar-refractivity contribution is 5.84. The van der Waals surface area contributed by atoms with Crippen LogP contribution in [0, 0.1) is 5.82 Å². The average Bonchev–Trinajstić information content (AvgIpc) is 2.58. The van der Waals surface area contributed by atoms with Crippen LogP contribution in [0.1, 0.15) is 25.5 Å². The maximum atomic E-state index is 13.2. The van der Waals surface area contributed by atoms with Crippen LogP contribution >= 0.6 is 0 Å². The Morgan fingerprint density at radius 3 is 2.75 bits per heavy atom. The molecule has 0 unspecified atom stereocenters. The van der Waals surface area contributed by atoms with Gasteiger partial charge in [-0.15, -0.1) is 0 Å². The summed E-state index contributed by atoms with van der Waals surface area (Å²) in [5.74, 6) is -0.229. The summed E-state index contributed by atoms with van der Waals surface area (Å²) in [7, 11) is 0. The van der Waals surface area contributed by atoms with Crippen LogP contribution in [0.4, 0.5) is 4.39 Å². The van der Waals surface area contributed by atoms with Gasteiger partial charge >= 0.3 is 0 Å². The fraction of sp³-hybridized carbons (Fsp3) is 0.385. The monoisotopic (exact) mass is 221 g/mol. The van der Waals surface area contributed by atoms with Gasteiger partial charge in [0, 0.05) is 29.7 Å². The van der Waals surface area contributed by atoms with Gasteiger partial charge in [0.15, 0.2) is 0 Å². The van der Waals surface area contributed by atoms with Crippen LogP contribution in [0.25, 0.3) is 10.9 Å². The fourth-order valence-electron chi connectivity index (χ4n) is 2.04. The minimum atomic E-state index is -0.229. The Balaban J connectivity index is 2.66. The van der Waals surface area contributed by atoms with Crippen molar-refractivity contribution >= 4 is 10.9 Å². The topological polar surface area (TPSA) is 25.2 Å². The third-order valence-electron chi connectivity index (χ3n) is 2.82. The molecule has 1 N–H and O–H groups in total. The lowest BCUT2D eigenvalue weighted by Gasteiger charge is -2.08. The molecule has 0 aliphatic rings. The Morgan fingerprint density at radius 2 is 2.12 bits per heavy atom. The van der Waals surface area contributed by atoms with E-state index in [4.69, 9.17) is 5.11 Å². The summed E-state index contributed by atoms with van der Waals surface area (Å²) in [6.45, 7) is 4.27. The van der Waals surface area contributed by atoms with E-state index in [-0.39, 0.29) is 12.4 Å². The molecule has 1 aromatic carbocycles. The van der Waals surface area contributed by atoms with Gasteiger partial charge in [-0.2, -0.15) is 0 Å². The zero-order chi connectivity index (χ0) is 11.7. The number of fused-ring (bicyclic) bond motifs is 1. The molecular weight excluding hydrogens is 205 g/mol. The SMILES string of the molecule is CC(C)n1cc(CCO)c2cc(F)ccc21. The molecule has 16 heavy (non-hydrogen) atoms. The third-order valence-corrected chi connectivity index (χ3v) is 2.82. The number of rotatable bonds is 3. The van der Waals surface area contributed by atoms with Crippen molar-refractivity contribution in [3.63, 3.8) is 0 Å². The highest BCUT2D eigenvalue weighted by Gasteiger charge is 2.10. The van der Waals surface area contributed by atoms with Crippen LogP contribution in [0.2, 0.25) is 0 Å². The van der Waals surface area contributed by atoms with E-state index in [1.165, 1.54) is 6.07 Å². The predicted molar refractivity (Wildman–Crippen MR) is 63.1 cm³/mol. The second-order valence-corrected chi connectivity index (χ2v) is 4.29. The number of hydrogen-bond donors (Lipinski definition) is 1. The third kappa shape index (κ3) is 1.83. The molecule has 0 spiro atoms. The number of aliphatic hydroxyl groups excluding tert-OH is 1. The van der Waals surface area contributed by atoms with Crippen molar-refractivity contribution in [1.29, 1.82) is 0 Å². The number of hydrogen-bond acceptors (Lipinski definition) is 1. The maximum Gasteiger partial charge on any atom is 0.123 e. The Kier molecular flexibility index (Phi) is 2.97. The molecular formula is C13H16FNO. The highest BCUT2D eigenvalue weighted by atomic mass is 19.1. The summed E-state index contributed by atoms with van der Waals surface area (Å²) in [6, 6.07) is 5.15. The summed E-state index contributed by atoms with van der Waals surface area (Å²) in [5, 5.41) is 9.90. The van der Waals surface area contributed by atoms with Gasteiger partial charge in [0.2, 0.25) is 0 Å². The van der Waals surface area contributed by atoms with Gasteiger partial charge in [-0.25, -0.2) is 4.39 Å². The van der Waals surface area contributed by atoms with E-state index in [9.17, 15) is 4.39 Å². The lowest BCUT2D eigenvalue weighted by atomic mass is 10.1. The van der Waals surface area contributed by atoms with Crippen LogP contribution in [-0.2, 0) is 6.42 Å². The molecule has 2 rings (SSSR count). The Morgan fingerprint density at radius 1 is 1.38 bits per heavy atom. The predicted octanol–water partition coefficient (Wildman–Crippen LogP) is 2.90. The summed E-state index contributed by atoms with van der Waals surface area (Å²) in [5.41, 5.74) is 2.03. The number of aliphatic hydroxyl groups is 1. The first-order valence-electron chi connectivity index (χ1n) is 5.53. The number of aromatic nitrogens is 1. The molecule has 3 heteroatoms. The lowest BCUT2D eigenvalue weighted by molar-refractivity contribution is 0.300. The second-order valence-electron chi connectivity index (χ2n) is 4.29. The van der Waals surface area contributed by atoms with Crippen LogP contribution < -0.4 is 0 Å². The first-order chi connectivity index (χ1) is 7.63. The van der Waals surface area contributed by atoms with Gasteiger partial charge in [-0.3, -0.25) is 0 Å². The quantitative estimate of drug-likeness (QED) is 0.847. The van der Waals surface area contributed by atoms with Crippen LogP contribution in [0.15, 0.2) is 24.4 Å².